The molecule has 0 aliphatic rings. The van der Waals surface area contributed by atoms with Crippen LogP contribution >= 0.6 is 11.3 Å². The minimum absolute atomic E-state index is 0.214. The Kier molecular flexibility index (Phi) is 4.33. The van der Waals surface area contributed by atoms with Crippen molar-refractivity contribution in [2.45, 2.75) is 6.92 Å². The van der Waals surface area contributed by atoms with Gasteiger partial charge in [-0.2, -0.15) is 0 Å². The Bertz CT molecular complexity index is 850. The molecule has 0 aliphatic heterocycles. The molecular formula is C15H14N4O3S. The number of methoxy groups -OCH3 is 1. The average Bonchev–Trinajstić information content (AvgIpc) is 2.96. The van der Waals surface area contributed by atoms with Crippen molar-refractivity contribution in [3.8, 4) is 11.6 Å². The lowest BCUT2D eigenvalue weighted by molar-refractivity contribution is 0.102. The maximum Gasteiger partial charge on any atom is 0.276 e. The Morgan fingerprint density at radius 1 is 1.30 bits per heavy atom. The first-order valence-corrected chi connectivity index (χ1v) is 7.72. The number of carbonyl (C=O) groups excluding carboxylic acids is 1. The summed E-state index contributed by atoms with van der Waals surface area (Å²) in [4.78, 5) is 24.4. The normalized spacial score (nSPS) is 10.5. The van der Waals surface area contributed by atoms with E-state index in [1.54, 1.807) is 0 Å². The summed E-state index contributed by atoms with van der Waals surface area (Å²) in [7, 11) is 1.48. The van der Waals surface area contributed by atoms with Gasteiger partial charge in [0.05, 0.1) is 23.9 Å². The van der Waals surface area contributed by atoms with Crippen molar-refractivity contribution >= 4 is 32.6 Å². The predicted octanol–water partition coefficient (Wildman–Crippen LogP) is 2.75. The second kappa shape index (κ2) is 6.57. The van der Waals surface area contributed by atoms with Crippen molar-refractivity contribution in [1.29, 1.82) is 0 Å². The molecule has 1 aromatic carbocycles. The van der Waals surface area contributed by atoms with E-state index in [1.165, 1.54) is 30.8 Å². The second-order valence-electron chi connectivity index (χ2n) is 4.48. The van der Waals surface area contributed by atoms with E-state index < -0.39 is 0 Å². The number of nitrogens with zero attached hydrogens (tertiary/aromatic N) is 3. The molecule has 0 spiro atoms. The highest BCUT2D eigenvalue weighted by Gasteiger charge is 2.12. The maximum atomic E-state index is 12.2. The minimum atomic E-state index is -0.366. The van der Waals surface area contributed by atoms with Gasteiger partial charge in [-0.1, -0.05) is 11.3 Å². The highest BCUT2D eigenvalue weighted by Crippen LogP contribution is 2.29. The van der Waals surface area contributed by atoms with E-state index >= 15 is 0 Å². The van der Waals surface area contributed by atoms with Crippen molar-refractivity contribution in [2.75, 3.05) is 19.0 Å². The molecule has 1 amide bonds. The third kappa shape index (κ3) is 3.37. The van der Waals surface area contributed by atoms with Crippen LogP contribution in [-0.4, -0.2) is 34.6 Å². The molecule has 0 bridgehead atoms. The second-order valence-corrected chi connectivity index (χ2v) is 5.51. The smallest absolute Gasteiger partial charge is 0.276 e. The van der Waals surface area contributed by atoms with E-state index in [2.05, 4.69) is 20.3 Å². The monoisotopic (exact) mass is 330 g/mol. The Morgan fingerprint density at radius 2 is 2.17 bits per heavy atom. The van der Waals surface area contributed by atoms with Gasteiger partial charge in [-0.15, -0.1) is 0 Å². The fourth-order valence-electron chi connectivity index (χ4n) is 1.95. The summed E-state index contributed by atoms with van der Waals surface area (Å²) in [6, 6.07) is 7.09. The van der Waals surface area contributed by atoms with Crippen LogP contribution in [0.3, 0.4) is 0 Å². The number of aromatic nitrogens is 3. The summed E-state index contributed by atoms with van der Waals surface area (Å²) in [6.07, 6.45) is 1.28. The number of thiazole rings is 1. The van der Waals surface area contributed by atoms with E-state index in [0.717, 1.165) is 16.0 Å². The van der Waals surface area contributed by atoms with E-state index in [-0.39, 0.29) is 11.6 Å². The number of amides is 1. The van der Waals surface area contributed by atoms with Crippen LogP contribution in [0, 0.1) is 0 Å². The SMILES string of the molecule is CCOc1ccc2nc(NC(=O)c3cc(OC)ncn3)sc2c1. The zero-order valence-electron chi connectivity index (χ0n) is 12.6. The molecule has 8 heteroatoms. The van der Waals surface area contributed by atoms with Crippen molar-refractivity contribution in [3.63, 3.8) is 0 Å². The van der Waals surface area contributed by atoms with Gasteiger partial charge in [-0.25, -0.2) is 15.0 Å². The van der Waals surface area contributed by atoms with Gasteiger partial charge >= 0.3 is 0 Å². The van der Waals surface area contributed by atoms with Crippen LogP contribution in [0.1, 0.15) is 17.4 Å². The van der Waals surface area contributed by atoms with Crippen molar-refractivity contribution in [1.82, 2.24) is 15.0 Å². The van der Waals surface area contributed by atoms with Crippen molar-refractivity contribution < 1.29 is 14.3 Å². The zero-order valence-corrected chi connectivity index (χ0v) is 13.4. The first kappa shape index (κ1) is 15.2. The molecule has 3 rings (SSSR count). The molecule has 2 heterocycles. The van der Waals surface area contributed by atoms with Crippen LogP contribution < -0.4 is 14.8 Å². The molecular weight excluding hydrogens is 316 g/mol. The first-order valence-electron chi connectivity index (χ1n) is 6.90. The summed E-state index contributed by atoms with van der Waals surface area (Å²) in [6.45, 7) is 2.53. The predicted molar refractivity (Wildman–Crippen MR) is 87.3 cm³/mol. The molecule has 0 aliphatic carbocycles. The van der Waals surface area contributed by atoms with Crippen LogP contribution in [0.15, 0.2) is 30.6 Å². The number of hydrogen-bond acceptors (Lipinski definition) is 7. The van der Waals surface area contributed by atoms with Crippen LogP contribution in [0.5, 0.6) is 11.6 Å². The number of carbonyl (C=O) groups is 1. The van der Waals surface area contributed by atoms with Gasteiger partial charge in [-0.05, 0) is 25.1 Å². The Labute approximate surface area is 136 Å². The van der Waals surface area contributed by atoms with E-state index in [1.807, 2.05) is 25.1 Å². The summed E-state index contributed by atoms with van der Waals surface area (Å²) >= 11 is 1.37. The average molecular weight is 330 g/mol. The summed E-state index contributed by atoms with van der Waals surface area (Å²) < 4.78 is 11.4. The molecule has 0 fully saturated rings. The molecule has 1 N–H and O–H groups in total. The largest absolute Gasteiger partial charge is 0.494 e. The number of benzene rings is 1. The maximum absolute atomic E-state index is 12.2. The molecule has 23 heavy (non-hydrogen) atoms. The van der Waals surface area contributed by atoms with Gasteiger partial charge in [0.1, 0.15) is 17.8 Å². The molecule has 118 valence electrons. The Balaban J connectivity index is 1.81. The number of hydrogen-bond donors (Lipinski definition) is 1. The lowest BCUT2D eigenvalue weighted by Crippen LogP contribution is -2.13. The molecule has 7 nitrogen and oxygen atoms in total. The third-order valence-corrected chi connectivity index (χ3v) is 3.91. The third-order valence-electron chi connectivity index (χ3n) is 2.98. The Hall–Kier alpha value is -2.74. The topological polar surface area (TPSA) is 86.2 Å². The molecule has 0 saturated carbocycles. The van der Waals surface area contributed by atoms with Gasteiger partial charge in [-0.3, -0.25) is 10.1 Å². The van der Waals surface area contributed by atoms with E-state index in [9.17, 15) is 4.79 Å². The molecule has 2 aromatic heterocycles. The number of rotatable bonds is 5. The van der Waals surface area contributed by atoms with Crippen LogP contribution in [0.4, 0.5) is 5.13 Å². The van der Waals surface area contributed by atoms with Gasteiger partial charge in [0.25, 0.3) is 5.91 Å². The van der Waals surface area contributed by atoms with E-state index in [4.69, 9.17) is 9.47 Å². The number of anilines is 1. The number of nitrogens with one attached hydrogen (secondary N) is 1. The fraction of sp³-hybridized carbons (Fsp3) is 0.200. The van der Waals surface area contributed by atoms with Crippen LogP contribution in [0.25, 0.3) is 10.2 Å². The fourth-order valence-corrected chi connectivity index (χ4v) is 2.84. The lowest BCUT2D eigenvalue weighted by atomic mass is 10.3. The molecule has 0 atom stereocenters. The quantitative estimate of drug-likeness (QED) is 0.774. The number of ether oxygens (including phenoxy) is 2. The zero-order chi connectivity index (χ0) is 16.2. The summed E-state index contributed by atoms with van der Waals surface area (Å²) in [5.74, 6) is 0.743. The van der Waals surface area contributed by atoms with Gasteiger partial charge < -0.3 is 9.47 Å². The van der Waals surface area contributed by atoms with Crippen molar-refractivity contribution in [2.24, 2.45) is 0 Å². The van der Waals surface area contributed by atoms with Crippen LogP contribution in [-0.2, 0) is 0 Å². The Morgan fingerprint density at radius 3 is 2.96 bits per heavy atom. The lowest BCUT2D eigenvalue weighted by Gasteiger charge is -2.02. The van der Waals surface area contributed by atoms with Crippen molar-refractivity contribution in [3.05, 3.63) is 36.3 Å². The highest BCUT2D eigenvalue weighted by atomic mass is 32.1. The highest BCUT2D eigenvalue weighted by molar-refractivity contribution is 7.22. The number of fused-ring (bicyclic) bond motifs is 1. The summed E-state index contributed by atoms with van der Waals surface area (Å²) in [5, 5.41) is 3.23. The molecule has 0 radical (unpaired) electrons. The van der Waals surface area contributed by atoms with Gasteiger partial charge in [0.2, 0.25) is 5.88 Å². The molecule has 0 saturated heterocycles. The van der Waals surface area contributed by atoms with Gasteiger partial charge in [0, 0.05) is 6.07 Å². The molecule has 0 unspecified atom stereocenters. The first-order chi connectivity index (χ1) is 11.2. The van der Waals surface area contributed by atoms with Crippen LogP contribution in [0.2, 0.25) is 0 Å². The van der Waals surface area contributed by atoms with Gasteiger partial charge in [0.15, 0.2) is 5.13 Å². The minimum Gasteiger partial charge on any atom is -0.494 e. The molecule has 3 aromatic rings. The standard InChI is InChI=1S/C15H14N4O3S/c1-3-22-9-4-5-10-12(6-9)23-15(18-10)19-14(20)11-7-13(21-2)17-8-16-11/h4-8H,3H2,1-2H3,(H,18,19,20). The van der Waals surface area contributed by atoms with E-state index in [0.29, 0.717) is 17.6 Å². The summed E-state index contributed by atoms with van der Waals surface area (Å²) in [5.41, 5.74) is 1.01.